The zero-order valence-electron chi connectivity index (χ0n) is 23.7. The summed E-state index contributed by atoms with van der Waals surface area (Å²) in [7, 11) is -5.07. The van der Waals surface area contributed by atoms with Crippen LogP contribution in [-0.2, 0) is 43.0 Å². The van der Waals surface area contributed by atoms with E-state index in [0.29, 0.717) is 39.3 Å². The molecule has 36 heavy (non-hydrogen) atoms. The summed E-state index contributed by atoms with van der Waals surface area (Å²) >= 11 is 0. The van der Waals surface area contributed by atoms with Crippen molar-refractivity contribution < 1.29 is 75.1 Å². The predicted octanol–water partition coefficient (Wildman–Crippen LogP) is 1.87. The zero-order valence-corrected chi connectivity index (χ0v) is 26.5. The van der Waals surface area contributed by atoms with Crippen molar-refractivity contribution in [2.45, 2.75) is 117 Å². The van der Waals surface area contributed by atoms with Crippen molar-refractivity contribution in [1.29, 1.82) is 0 Å². The van der Waals surface area contributed by atoms with Gasteiger partial charge in [-0.05, 0) is 54.4 Å². The van der Waals surface area contributed by atoms with Crippen LogP contribution in [0.1, 0.15) is 99.3 Å². The maximum atomic E-state index is 11.4. The topological polar surface area (TPSA) is 122 Å². The normalized spacial score (nSPS) is 13.5. The molecule has 0 N–H and O–H groups in total. The first-order chi connectivity index (χ1) is 16.7. The van der Waals surface area contributed by atoms with Crippen LogP contribution < -0.4 is 29.6 Å². The van der Waals surface area contributed by atoms with E-state index in [4.69, 9.17) is 32.6 Å². The smallest absolute Gasteiger partial charge is 0.725 e. The van der Waals surface area contributed by atoms with Gasteiger partial charge in [-0.2, -0.15) is 0 Å². The van der Waals surface area contributed by atoms with Gasteiger partial charge in [0.1, 0.15) is 6.10 Å². The molecule has 212 valence electrons. The van der Waals surface area contributed by atoms with Crippen LogP contribution in [0.15, 0.2) is 0 Å². The van der Waals surface area contributed by atoms with Crippen molar-refractivity contribution in [3.05, 3.63) is 0 Å². The minimum absolute atomic E-state index is 0. The molecule has 0 fully saturated rings. The molecule has 0 aromatic heterocycles. The molecule has 0 saturated heterocycles. The number of ether oxygens (including phenoxy) is 6. The third-order valence-electron chi connectivity index (χ3n) is 5.21. The number of rotatable bonds is 25. The van der Waals surface area contributed by atoms with E-state index in [-0.39, 0.29) is 42.8 Å². The fraction of sp³-hybridized carbons (Fsp3) is 1.00. The third-order valence-corrected chi connectivity index (χ3v) is 5.65. The maximum Gasteiger partial charge on any atom is 1.00 e. The average Bonchev–Trinajstić information content (AvgIpc) is 2.77. The standard InChI is InChI=1S/C24H50O10S.Na/c1-7-28-22(24(32-11-5,33-12-6)34-35(25,26)27)20-18-16-14-13-15-17-19-21-23(29-8-2,30-9-3)31-10-4;/h22H,7-21H2,1-6H3,(H,25,26,27);/q;+1/p-1. The number of hydrogen-bond acceptors (Lipinski definition) is 10. The van der Waals surface area contributed by atoms with Crippen molar-refractivity contribution in [1.82, 2.24) is 0 Å². The molecular formula is C24H49NaO10S. The van der Waals surface area contributed by atoms with Gasteiger partial charge in [0, 0.05) is 46.1 Å². The second-order valence-corrected chi connectivity index (χ2v) is 8.88. The molecule has 0 heterocycles. The van der Waals surface area contributed by atoms with Gasteiger partial charge in [0.05, 0.1) is 0 Å². The van der Waals surface area contributed by atoms with Crippen molar-refractivity contribution >= 4 is 10.4 Å². The Labute approximate surface area is 241 Å². The molecule has 0 aliphatic rings. The van der Waals surface area contributed by atoms with Gasteiger partial charge >= 0.3 is 35.5 Å². The average molecular weight is 553 g/mol. The SMILES string of the molecule is CCOC(CCCCCCCCCC(OCC)(OCC)OCC)C(OCC)(OCC)OS(=O)(=O)[O-].[Na+]. The fourth-order valence-electron chi connectivity index (χ4n) is 3.99. The van der Waals surface area contributed by atoms with Crippen molar-refractivity contribution in [3.8, 4) is 0 Å². The Balaban J connectivity index is 0. The van der Waals surface area contributed by atoms with E-state index < -0.39 is 28.4 Å². The summed E-state index contributed by atoms with van der Waals surface area (Å²) in [5.74, 6) is -3.02. The van der Waals surface area contributed by atoms with Crippen LogP contribution in [0.4, 0.5) is 0 Å². The molecule has 1 unspecified atom stereocenters. The van der Waals surface area contributed by atoms with E-state index in [2.05, 4.69) is 0 Å². The first-order valence-electron chi connectivity index (χ1n) is 13.2. The predicted molar refractivity (Wildman–Crippen MR) is 131 cm³/mol. The van der Waals surface area contributed by atoms with Crippen LogP contribution in [0.3, 0.4) is 0 Å². The van der Waals surface area contributed by atoms with Crippen LogP contribution in [0.25, 0.3) is 0 Å². The molecule has 10 nitrogen and oxygen atoms in total. The molecule has 0 saturated carbocycles. The Morgan fingerprint density at radius 3 is 1.44 bits per heavy atom. The van der Waals surface area contributed by atoms with Gasteiger partial charge in [-0.1, -0.05) is 38.5 Å². The van der Waals surface area contributed by atoms with Crippen molar-refractivity contribution in [2.75, 3.05) is 39.6 Å². The molecule has 0 amide bonds. The van der Waals surface area contributed by atoms with Crippen LogP contribution in [-0.4, -0.2) is 70.7 Å². The summed E-state index contributed by atoms with van der Waals surface area (Å²) in [5, 5.41) is 0. The minimum Gasteiger partial charge on any atom is -0.725 e. The van der Waals surface area contributed by atoms with Gasteiger partial charge in [-0.15, -0.1) is 0 Å². The molecule has 0 aromatic carbocycles. The quantitative estimate of drug-likeness (QED) is 0.0545. The molecular weight excluding hydrogens is 503 g/mol. The molecule has 0 radical (unpaired) electrons. The summed E-state index contributed by atoms with van der Waals surface area (Å²) < 4.78 is 72.8. The number of hydrogen-bond donors (Lipinski definition) is 0. The molecule has 0 aromatic rings. The zero-order chi connectivity index (χ0) is 26.6. The molecule has 0 rings (SSSR count). The monoisotopic (exact) mass is 552 g/mol. The van der Waals surface area contributed by atoms with Gasteiger partial charge in [0.2, 0.25) is 10.4 Å². The van der Waals surface area contributed by atoms with Gasteiger partial charge in [-0.3, -0.25) is 0 Å². The maximum absolute atomic E-state index is 11.4. The second kappa shape index (κ2) is 22.4. The van der Waals surface area contributed by atoms with Crippen LogP contribution in [0, 0.1) is 0 Å². The third kappa shape index (κ3) is 16.6. The molecule has 12 heteroatoms. The summed E-state index contributed by atoms with van der Waals surface area (Å²) in [6, 6.07) is 0. The Hall–Kier alpha value is 0.630. The Morgan fingerprint density at radius 2 is 1.06 bits per heavy atom. The Kier molecular flexibility index (Phi) is 24.2. The van der Waals surface area contributed by atoms with Crippen LogP contribution in [0.2, 0.25) is 0 Å². The minimum atomic E-state index is -5.07. The van der Waals surface area contributed by atoms with E-state index in [9.17, 15) is 13.0 Å². The summed E-state index contributed by atoms with van der Waals surface area (Å²) in [4.78, 5) is 0. The van der Waals surface area contributed by atoms with Crippen molar-refractivity contribution in [3.63, 3.8) is 0 Å². The largest absolute Gasteiger partial charge is 1.00 e. The van der Waals surface area contributed by atoms with Gasteiger partial charge in [-0.25, -0.2) is 12.6 Å². The Bertz CT molecular complexity index is 583. The fourth-order valence-corrected chi connectivity index (χ4v) is 4.48. The summed E-state index contributed by atoms with van der Waals surface area (Å²) in [6.45, 7) is 13.0. The number of unbranched alkanes of at least 4 members (excludes halogenated alkanes) is 6. The molecule has 0 bridgehead atoms. The molecule has 0 spiro atoms. The van der Waals surface area contributed by atoms with E-state index in [1.54, 1.807) is 20.8 Å². The van der Waals surface area contributed by atoms with Gasteiger partial charge in [0.25, 0.3) is 5.97 Å². The Morgan fingerprint density at radius 1 is 0.639 bits per heavy atom. The van der Waals surface area contributed by atoms with E-state index >= 15 is 0 Å². The van der Waals surface area contributed by atoms with Crippen molar-refractivity contribution in [2.24, 2.45) is 0 Å². The van der Waals surface area contributed by atoms with Gasteiger partial charge < -0.3 is 33.0 Å². The molecule has 0 aliphatic heterocycles. The van der Waals surface area contributed by atoms with E-state index in [1.807, 2.05) is 20.8 Å². The first kappa shape index (κ1) is 38.8. The van der Waals surface area contributed by atoms with E-state index in [1.165, 1.54) is 0 Å². The van der Waals surface area contributed by atoms with E-state index in [0.717, 1.165) is 44.9 Å². The molecule has 0 aliphatic carbocycles. The van der Waals surface area contributed by atoms with Gasteiger partial charge in [0.15, 0.2) is 0 Å². The second-order valence-electron chi connectivity index (χ2n) is 7.90. The summed E-state index contributed by atoms with van der Waals surface area (Å²) in [5.41, 5.74) is 0. The first-order valence-corrected chi connectivity index (χ1v) is 14.5. The molecule has 1 atom stereocenters. The van der Waals surface area contributed by atoms with Crippen LogP contribution in [0.5, 0.6) is 0 Å². The van der Waals surface area contributed by atoms with Crippen LogP contribution >= 0.6 is 0 Å². The summed E-state index contributed by atoms with van der Waals surface area (Å²) in [6.07, 6.45) is 7.10.